The lowest BCUT2D eigenvalue weighted by molar-refractivity contribution is 0.545. The fourth-order valence-corrected chi connectivity index (χ4v) is 3.26. The summed E-state index contributed by atoms with van der Waals surface area (Å²) in [4.78, 5) is 0.224. The minimum Gasteiger partial charge on any atom is -0.392 e. The molecule has 0 aliphatic rings. The van der Waals surface area contributed by atoms with Crippen molar-refractivity contribution in [3.05, 3.63) is 11.4 Å². The average molecular weight is 276 g/mol. The third kappa shape index (κ3) is 2.82. The Hall–Kier alpha value is -0.990. The van der Waals surface area contributed by atoms with Crippen molar-refractivity contribution in [2.45, 2.75) is 38.1 Å². The normalized spacial score (nSPS) is 12.7. The van der Waals surface area contributed by atoms with E-state index in [-0.39, 0.29) is 9.88 Å². The van der Waals surface area contributed by atoms with Crippen LogP contribution in [-0.4, -0.2) is 29.1 Å². The van der Waals surface area contributed by atoms with Gasteiger partial charge in [-0.05, 0) is 27.7 Å². The number of thiocarbonyl (C=S) groups is 1. The van der Waals surface area contributed by atoms with Gasteiger partial charge in [0.15, 0.2) is 0 Å². The van der Waals surface area contributed by atoms with Gasteiger partial charge in [0.2, 0.25) is 10.0 Å². The molecule has 0 amide bonds. The summed E-state index contributed by atoms with van der Waals surface area (Å²) in [6, 6.07) is 0. The highest BCUT2D eigenvalue weighted by Gasteiger charge is 2.31. The van der Waals surface area contributed by atoms with Gasteiger partial charge < -0.3 is 5.73 Å². The second-order valence-corrected chi connectivity index (χ2v) is 6.42. The molecule has 0 spiro atoms. The maximum atomic E-state index is 12.2. The molecular formula is C9H16N4O2S2. The fraction of sp³-hybridized carbons (Fsp3) is 0.556. The quantitative estimate of drug-likeness (QED) is 0.690. The van der Waals surface area contributed by atoms with Crippen molar-refractivity contribution in [2.24, 2.45) is 5.73 Å². The molecule has 0 atom stereocenters. The molecule has 4 N–H and O–H groups in total. The maximum Gasteiger partial charge on any atom is 0.245 e. The van der Waals surface area contributed by atoms with E-state index in [0.717, 1.165) is 0 Å². The van der Waals surface area contributed by atoms with Crippen LogP contribution in [0.15, 0.2) is 4.90 Å². The zero-order valence-electron chi connectivity index (χ0n) is 10.2. The number of sulfonamides is 1. The number of aromatic amines is 1. The van der Waals surface area contributed by atoms with Crippen LogP contribution in [0.4, 0.5) is 0 Å². The Morgan fingerprint density at radius 1 is 1.47 bits per heavy atom. The van der Waals surface area contributed by atoms with Crippen LogP contribution in [0.3, 0.4) is 0 Å². The fourth-order valence-electron chi connectivity index (χ4n) is 1.37. The van der Waals surface area contributed by atoms with Gasteiger partial charge in [0.05, 0.1) is 21.9 Å². The highest BCUT2D eigenvalue weighted by atomic mass is 32.2. The third-order valence-corrected chi connectivity index (χ3v) is 4.76. The number of rotatable bonds is 4. The number of nitrogens with one attached hydrogen (secondary N) is 2. The van der Waals surface area contributed by atoms with Crippen LogP contribution in [0.5, 0.6) is 0 Å². The van der Waals surface area contributed by atoms with Gasteiger partial charge in [0.1, 0.15) is 4.90 Å². The molecule has 0 bridgehead atoms. The molecule has 6 nitrogen and oxygen atoms in total. The Kier molecular flexibility index (Phi) is 3.60. The molecule has 8 heteroatoms. The van der Waals surface area contributed by atoms with Crippen LogP contribution in [-0.2, 0) is 10.0 Å². The van der Waals surface area contributed by atoms with E-state index in [2.05, 4.69) is 14.9 Å². The largest absolute Gasteiger partial charge is 0.392 e. The molecule has 0 fully saturated rings. The van der Waals surface area contributed by atoms with Crippen molar-refractivity contribution in [3.8, 4) is 0 Å². The standard InChI is InChI=1S/C9H16N4O2S2/c1-5-7(6(2)12-11-5)17(14,15)13-9(3,4)8(10)16/h13H,1-4H3,(H2,10,16)(H,11,12). The number of nitrogens with two attached hydrogens (primary N) is 1. The molecule has 0 saturated carbocycles. The van der Waals surface area contributed by atoms with Gasteiger partial charge in [-0.1, -0.05) is 12.2 Å². The first-order chi connectivity index (χ1) is 7.58. The Morgan fingerprint density at radius 3 is 2.35 bits per heavy atom. The topological polar surface area (TPSA) is 101 Å². The van der Waals surface area contributed by atoms with E-state index in [1.807, 2.05) is 0 Å². The SMILES string of the molecule is Cc1n[nH]c(C)c1S(=O)(=O)NC(C)(C)C(N)=S. The highest BCUT2D eigenvalue weighted by molar-refractivity contribution is 7.89. The van der Waals surface area contributed by atoms with E-state index in [9.17, 15) is 8.42 Å². The molecule has 0 saturated heterocycles. The number of aromatic nitrogens is 2. The van der Waals surface area contributed by atoms with Gasteiger partial charge in [0.25, 0.3) is 0 Å². The average Bonchev–Trinajstić information content (AvgIpc) is 2.44. The first-order valence-corrected chi connectivity index (χ1v) is 6.82. The zero-order valence-corrected chi connectivity index (χ0v) is 11.8. The smallest absolute Gasteiger partial charge is 0.245 e. The van der Waals surface area contributed by atoms with Gasteiger partial charge in [-0.15, -0.1) is 0 Å². The van der Waals surface area contributed by atoms with Gasteiger partial charge >= 0.3 is 0 Å². The van der Waals surface area contributed by atoms with Crippen molar-refractivity contribution >= 4 is 27.2 Å². The first-order valence-electron chi connectivity index (χ1n) is 4.93. The lowest BCUT2D eigenvalue weighted by Crippen LogP contribution is -2.52. The minimum absolute atomic E-state index is 0.0832. The van der Waals surface area contributed by atoms with Gasteiger partial charge in [-0.25, -0.2) is 8.42 Å². The minimum atomic E-state index is -3.69. The Balaban J connectivity index is 3.19. The molecule has 0 unspecified atom stereocenters. The summed E-state index contributed by atoms with van der Waals surface area (Å²) in [5, 5.41) is 6.47. The summed E-state index contributed by atoms with van der Waals surface area (Å²) in [6.45, 7) is 6.48. The number of hydrogen-bond acceptors (Lipinski definition) is 4. The predicted octanol–water partition coefficient (Wildman–Crippen LogP) is 0.370. The first kappa shape index (κ1) is 14.1. The van der Waals surface area contributed by atoms with Crippen LogP contribution in [0.25, 0.3) is 0 Å². The van der Waals surface area contributed by atoms with Crippen molar-refractivity contribution in [1.29, 1.82) is 0 Å². The molecule has 0 aliphatic heterocycles. The number of H-pyrrole nitrogens is 1. The molecule has 0 aromatic carbocycles. The molecule has 1 rings (SSSR count). The molecular weight excluding hydrogens is 260 g/mol. The van der Waals surface area contributed by atoms with Crippen LogP contribution in [0.2, 0.25) is 0 Å². The second-order valence-electron chi connectivity index (χ2n) is 4.36. The number of hydrogen-bond donors (Lipinski definition) is 3. The van der Waals surface area contributed by atoms with Crippen molar-refractivity contribution in [3.63, 3.8) is 0 Å². The molecule has 0 radical (unpaired) electrons. The number of aryl methyl sites for hydroxylation is 2. The summed E-state index contributed by atoms with van der Waals surface area (Å²) in [5.41, 5.74) is 5.40. The highest BCUT2D eigenvalue weighted by Crippen LogP contribution is 2.18. The van der Waals surface area contributed by atoms with E-state index < -0.39 is 15.6 Å². The van der Waals surface area contributed by atoms with Gasteiger partial charge in [-0.2, -0.15) is 9.82 Å². The molecule has 96 valence electrons. The maximum absolute atomic E-state index is 12.2. The Morgan fingerprint density at radius 2 is 2.00 bits per heavy atom. The zero-order chi connectivity index (χ0) is 13.4. The van der Waals surface area contributed by atoms with Crippen LogP contribution in [0.1, 0.15) is 25.2 Å². The summed E-state index contributed by atoms with van der Waals surface area (Å²) < 4.78 is 26.8. The summed E-state index contributed by atoms with van der Waals surface area (Å²) in [5.74, 6) is 0. The summed E-state index contributed by atoms with van der Waals surface area (Å²) in [7, 11) is -3.69. The molecule has 1 aromatic heterocycles. The number of nitrogens with zero attached hydrogens (tertiary/aromatic N) is 1. The van der Waals surface area contributed by atoms with E-state index in [0.29, 0.717) is 11.4 Å². The van der Waals surface area contributed by atoms with Crippen molar-refractivity contribution in [2.75, 3.05) is 0 Å². The van der Waals surface area contributed by atoms with Crippen molar-refractivity contribution < 1.29 is 8.42 Å². The summed E-state index contributed by atoms with van der Waals surface area (Å²) in [6.07, 6.45) is 0. The van der Waals surface area contributed by atoms with Crippen LogP contribution in [0, 0.1) is 13.8 Å². The molecule has 1 heterocycles. The van der Waals surface area contributed by atoms with E-state index in [1.54, 1.807) is 27.7 Å². The van der Waals surface area contributed by atoms with Crippen LogP contribution < -0.4 is 10.5 Å². The van der Waals surface area contributed by atoms with Gasteiger partial charge in [0, 0.05) is 0 Å². The monoisotopic (exact) mass is 276 g/mol. The van der Waals surface area contributed by atoms with Gasteiger partial charge in [-0.3, -0.25) is 5.10 Å². The lowest BCUT2D eigenvalue weighted by Gasteiger charge is -2.24. The molecule has 1 aromatic rings. The van der Waals surface area contributed by atoms with Crippen LogP contribution >= 0.6 is 12.2 Å². The lowest BCUT2D eigenvalue weighted by atomic mass is 10.1. The van der Waals surface area contributed by atoms with E-state index in [4.69, 9.17) is 18.0 Å². The molecule has 17 heavy (non-hydrogen) atoms. The predicted molar refractivity (Wildman–Crippen MR) is 69.2 cm³/mol. The Bertz CT molecular complexity index is 526. The molecule has 0 aliphatic carbocycles. The third-order valence-electron chi connectivity index (χ3n) is 2.33. The summed E-state index contributed by atoms with van der Waals surface area (Å²) >= 11 is 4.82. The second kappa shape index (κ2) is 4.35. The Labute approximate surface area is 106 Å². The van der Waals surface area contributed by atoms with E-state index >= 15 is 0 Å². The van der Waals surface area contributed by atoms with Crippen molar-refractivity contribution in [1.82, 2.24) is 14.9 Å². The van der Waals surface area contributed by atoms with E-state index in [1.165, 1.54) is 0 Å².